The van der Waals surface area contributed by atoms with E-state index >= 15 is 0 Å². The van der Waals surface area contributed by atoms with Gasteiger partial charge in [-0.15, -0.1) is 0 Å². The van der Waals surface area contributed by atoms with Crippen molar-refractivity contribution in [1.82, 2.24) is 4.90 Å². The van der Waals surface area contributed by atoms with Gasteiger partial charge in [0, 0.05) is 19.5 Å². The number of hydrogen-bond donors (Lipinski definition) is 1. The Morgan fingerprint density at radius 3 is 3.00 bits per heavy atom. The van der Waals surface area contributed by atoms with Crippen molar-refractivity contribution >= 4 is 6.29 Å². The van der Waals surface area contributed by atoms with E-state index in [4.69, 9.17) is 0 Å². The van der Waals surface area contributed by atoms with Gasteiger partial charge in [-0.2, -0.15) is 0 Å². The summed E-state index contributed by atoms with van der Waals surface area (Å²) in [6.07, 6.45) is 3.43. The topological polar surface area (TPSA) is 40.5 Å². The van der Waals surface area contributed by atoms with Crippen molar-refractivity contribution in [2.24, 2.45) is 0 Å². The summed E-state index contributed by atoms with van der Waals surface area (Å²) >= 11 is 0. The maximum Gasteiger partial charge on any atom is 0.121 e. The van der Waals surface area contributed by atoms with Crippen LogP contribution in [0.4, 0.5) is 0 Å². The molecule has 0 amide bonds. The molecule has 0 aliphatic carbocycles. The molecule has 0 aromatic carbocycles. The highest BCUT2D eigenvalue weighted by atomic mass is 16.3. The van der Waals surface area contributed by atoms with Gasteiger partial charge in [0.1, 0.15) is 6.29 Å². The summed E-state index contributed by atoms with van der Waals surface area (Å²) in [6.45, 7) is 4.38. The van der Waals surface area contributed by atoms with Crippen LogP contribution in [0.3, 0.4) is 0 Å². The molecular formula is C9H17NO2. The van der Waals surface area contributed by atoms with Crippen LogP contribution in [0.5, 0.6) is 0 Å². The lowest BCUT2D eigenvalue weighted by Crippen LogP contribution is -2.46. The molecule has 70 valence electrons. The molecule has 12 heavy (non-hydrogen) atoms. The van der Waals surface area contributed by atoms with Crippen molar-refractivity contribution in [2.75, 3.05) is 19.6 Å². The second-order valence-corrected chi connectivity index (χ2v) is 3.83. The SMILES string of the molecule is CC1(O)CCCN(CCC=O)C1. The average molecular weight is 171 g/mol. The van der Waals surface area contributed by atoms with Gasteiger partial charge in [-0.3, -0.25) is 0 Å². The summed E-state index contributed by atoms with van der Waals surface area (Å²) < 4.78 is 0. The molecule has 0 aromatic heterocycles. The van der Waals surface area contributed by atoms with E-state index in [1.54, 1.807) is 0 Å². The van der Waals surface area contributed by atoms with Gasteiger partial charge in [0.2, 0.25) is 0 Å². The fraction of sp³-hybridized carbons (Fsp3) is 0.889. The molecule has 1 rings (SSSR count). The van der Waals surface area contributed by atoms with Gasteiger partial charge in [-0.25, -0.2) is 0 Å². The molecule has 1 heterocycles. The maximum atomic E-state index is 10.1. The summed E-state index contributed by atoms with van der Waals surface area (Å²) in [4.78, 5) is 12.3. The Morgan fingerprint density at radius 2 is 2.42 bits per heavy atom. The van der Waals surface area contributed by atoms with E-state index in [0.717, 1.165) is 32.2 Å². The van der Waals surface area contributed by atoms with E-state index in [-0.39, 0.29) is 0 Å². The Labute approximate surface area is 73.4 Å². The second-order valence-electron chi connectivity index (χ2n) is 3.83. The molecule has 0 bridgehead atoms. The van der Waals surface area contributed by atoms with Crippen LogP contribution in [-0.4, -0.2) is 41.5 Å². The van der Waals surface area contributed by atoms with E-state index < -0.39 is 5.60 Å². The number of aliphatic hydroxyl groups is 1. The van der Waals surface area contributed by atoms with Crippen LogP contribution >= 0.6 is 0 Å². The fourth-order valence-electron chi connectivity index (χ4n) is 1.75. The first-order chi connectivity index (χ1) is 5.64. The third-order valence-electron chi connectivity index (χ3n) is 2.32. The van der Waals surface area contributed by atoms with Crippen molar-refractivity contribution in [2.45, 2.75) is 31.8 Å². The Bertz CT molecular complexity index is 157. The summed E-state index contributed by atoms with van der Waals surface area (Å²) in [6, 6.07) is 0. The number of piperidine rings is 1. The normalized spacial score (nSPS) is 31.8. The quantitative estimate of drug-likeness (QED) is 0.626. The molecule has 0 aromatic rings. The van der Waals surface area contributed by atoms with Crippen LogP contribution in [0.2, 0.25) is 0 Å². The highest BCUT2D eigenvalue weighted by Crippen LogP contribution is 2.19. The van der Waals surface area contributed by atoms with Crippen molar-refractivity contribution < 1.29 is 9.90 Å². The van der Waals surface area contributed by atoms with Gasteiger partial charge < -0.3 is 14.8 Å². The van der Waals surface area contributed by atoms with Crippen LogP contribution in [0.25, 0.3) is 0 Å². The van der Waals surface area contributed by atoms with Crippen LogP contribution in [0.1, 0.15) is 26.2 Å². The predicted molar refractivity (Wildman–Crippen MR) is 47.0 cm³/mol. The summed E-state index contributed by atoms with van der Waals surface area (Å²) in [5.41, 5.74) is -0.541. The predicted octanol–water partition coefficient (Wildman–Crippen LogP) is 0.422. The standard InChI is InChI=1S/C9H17NO2/c1-9(12)4-2-5-10(8-9)6-3-7-11/h7,12H,2-6,8H2,1H3. The molecule has 0 saturated carbocycles. The van der Waals surface area contributed by atoms with Crippen molar-refractivity contribution in [3.8, 4) is 0 Å². The smallest absolute Gasteiger partial charge is 0.121 e. The Morgan fingerprint density at radius 1 is 1.67 bits per heavy atom. The molecule has 1 N–H and O–H groups in total. The zero-order valence-corrected chi connectivity index (χ0v) is 7.62. The van der Waals surface area contributed by atoms with Crippen LogP contribution in [-0.2, 0) is 4.79 Å². The minimum absolute atomic E-state index is 0.541. The summed E-state index contributed by atoms with van der Waals surface area (Å²) in [7, 11) is 0. The first kappa shape index (κ1) is 9.68. The third kappa shape index (κ3) is 2.91. The van der Waals surface area contributed by atoms with Crippen molar-refractivity contribution in [3.05, 3.63) is 0 Å². The van der Waals surface area contributed by atoms with Gasteiger partial charge in [-0.1, -0.05) is 0 Å². The van der Waals surface area contributed by atoms with E-state index in [9.17, 15) is 9.90 Å². The Kier molecular flexibility index (Phi) is 3.23. The number of carbonyl (C=O) groups excluding carboxylic acids is 1. The van der Waals surface area contributed by atoms with E-state index in [1.807, 2.05) is 6.92 Å². The molecule has 1 saturated heterocycles. The zero-order valence-electron chi connectivity index (χ0n) is 7.62. The molecule has 1 unspecified atom stereocenters. The molecule has 0 spiro atoms. The molecule has 3 heteroatoms. The van der Waals surface area contributed by atoms with Gasteiger partial charge in [-0.05, 0) is 26.3 Å². The number of nitrogens with zero attached hydrogens (tertiary/aromatic N) is 1. The van der Waals surface area contributed by atoms with Crippen LogP contribution in [0.15, 0.2) is 0 Å². The average Bonchev–Trinajstić information content (AvgIpc) is 1.99. The molecule has 3 nitrogen and oxygen atoms in total. The Balaban J connectivity index is 2.31. The number of rotatable bonds is 3. The first-order valence-electron chi connectivity index (χ1n) is 4.52. The van der Waals surface area contributed by atoms with E-state index in [2.05, 4.69) is 4.90 Å². The molecule has 0 radical (unpaired) electrons. The van der Waals surface area contributed by atoms with E-state index in [1.165, 1.54) is 0 Å². The zero-order chi connectivity index (χ0) is 9.03. The highest BCUT2D eigenvalue weighted by molar-refractivity contribution is 5.49. The molecule has 1 fully saturated rings. The lowest BCUT2D eigenvalue weighted by Gasteiger charge is -2.36. The number of likely N-dealkylation sites (tertiary alicyclic amines) is 1. The van der Waals surface area contributed by atoms with Crippen molar-refractivity contribution in [1.29, 1.82) is 0 Å². The lowest BCUT2D eigenvalue weighted by molar-refractivity contribution is -0.108. The largest absolute Gasteiger partial charge is 0.389 e. The van der Waals surface area contributed by atoms with E-state index in [0.29, 0.717) is 13.0 Å². The molecule has 1 aliphatic rings. The van der Waals surface area contributed by atoms with Gasteiger partial charge in [0.15, 0.2) is 0 Å². The monoisotopic (exact) mass is 171 g/mol. The number of hydrogen-bond acceptors (Lipinski definition) is 3. The molecular weight excluding hydrogens is 154 g/mol. The molecule has 1 aliphatic heterocycles. The number of carbonyl (C=O) groups is 1. The second kappa shape index (κ2) is 4.01. The van der Waals surface area contributed by atoms with Crippen LogP contribution in [0, 0.1) is 0 Å². The van der Waals surface area contributed by atoms with Crippen molar-refractivity contribution in [3.63, 3.8) is 0 Å². The molecule has 1 atom stereocenters. The van der Waals surface area contributed by atoms with Gasteiger partial charge in [0.05, 0.1) is 5.60 Å². The van der Waals surface area contributed by atoms with Crippen LogP contribution < -0.4 is 0 Å². The number of β-amino-alcohol motifs (C(OH)–C–C–N with tert-alkyl or cyclic N) is 1. The van der Waals surface area contributed by atoms with Gasteiger partial charge >= 0.3 is 0 Å². The summed E-state index contributed by atoms with van der Waals surface area (Å²) in [5, 5.41) is 9.71. The van der Waals surface area contributed by atoms with Gasteiger partial charge in [0.25, 0.3) is 0 Å². The first-order valence-corrected chi connectivity index (χ1v) is 4.52. The minimum atomic E-state index is -0.541. The third-order valence-corrected chi connectivity index (χ3v) is 2.32. The lowest BCUT2D eigenvalue weighted by atomic mass is 9.95. The minimum Gasteiger partial charge on any atom is -0.389 e. The number of aldehydes is 1. The Hall–Kier alpha value is -0.410. The fourth-order valence-corrected chi connectivity index (χ4v) is 1.75. The maximum absolute atomic E-state index is 10.1. The summed E-state index contributed by atoms with van der Waals surface area (Å²) in [5.74, 6) is 0. The highest BCUT2D eigenvalue weighted by Gasteiger charge is 2.27.